The zero-order chi connectivity index (χ0) is 9.26. The van der Waals surface area contributed by atoms with Crippen molar-refractivity contribution in [1.29, 1.82) is 0 Å². The average Bonchev–Trinajstić information content (AvgIpc) is 2.10. The molecule has 2 heterocycles. The van der Waals surface area contributed by atoms with Gasteiger partial charge in [-0.05, 0) is 6.08 Å². The van der Waals surface area contributed by atoms with Crippen molar-refractivity contribution in [1.82, 2.24) is 0 Å². The third-order valence-corrected chi connectivity index (χ3v) is 2.26. The van der Waals surface area contributed by atoms with Crippen molar-refractivity contribution in [2.24, 2.45) is 5.92 Å². The van der Waals surface area contributed by atoms with Crippen LogP contribution in [-0.4, -0.2) is 25.0 Å². The van der Waals surface area contributed by atoms with Gasteiger partial charge in [-0.15, -0.1) is 0 Å². The van der Waals surface area contributed by atoms with Gasteiger partial charge in [-0.2, -0.15) is 0 Å². The number of carbonyl (C=O) groups excluding carboxylic acids is 1. The first-order chi connectivity index (χ1) is 6.25. The van der Waals surface area contributed by atoms with Gasteiger partial charge >= 0.3 is 5.97 Å². The molecule has 0 amide bonds. The summed E-state index contributed by atoms with van der Waals surface area (Å²) in [5.41, 5.74) is 0. The van der Waals surface area contributed by atoms with Gasteiger partial charge in [-0.1, -0.05) is 0 Å². The summed E-state index contributed by atoms with van der Waals surface area (Å²) < 4.78 is 15.6. The number of ether oxygens (including phenoxy) is 3. The van der Waals surface area contributed by atoms with E-state index in [1.165, 1.54) is 6.92 Å². The van der Waals surface area contributed by atoms with Crippen LogP contribution in [0, 0.1) is 5.92 Å². The Morgan fingerprint density at radius 3 is 3.23 bits per heavy atom. The minimum atomic E-state index is -0.257. The van der Waals surface area contributed by atoms with Gasteiger partial charge in [0.25, 0.3) is 0 Å². The molecule has 0 saturated carbocycles. The summed E-state index contributed by atoms with van der Waals surface area (Å²) in [6.45, 7) is 1.84. The van der Waals surface area contributed by atoms with Gasteiger partial charge in [0.15, 0.2) is 6.29 Å². The van der Waals surface area contributed by atoms with Crippen molar-refractivity contribution in [3.05, 3.63) is 12.3 Å². The Labute approximate surface area is 76.5 Å². The van der Waals surface area contributed by atoms with Gasteiger partial charge in [-0.25, -0.2) is 0 Å². The molecule has 2 bridgehead atoms. The monoisotopic (exact) mass is 184 g/mol. The number of hydrogen-bond donors (Lipinski definition) is 0. The summed E-state index contributed by atoms with van der Waals surface area (Å²) in [6, 6.07) is 0. The van der Waals surface area contributed by atoms with E-state index in [0.717, 1.165) is 6.42 Å². The first-order valence-corrected chi connectivity index (χ1v) is 4.36. The smallest absolute Gasteiger partial charge is 0.303 e. The van der Waals surface area contributed by atoms with Crippen LogP contribution in [-0.2, 0) is 19.0 Å². The number of hydrogen-bond acceptors (Lipinski definition) is 4. The molecule has 0 aromatic rings. The Balaban J connectivity index is 2.01. The fraction of sp³-hybridized carbons (Fsp3) is 0.667. The molecule has 3 atom stereocenters. The number of fused-ring (bicyclic) bond motifs is 2. The maximum Gasteiger partial charge on any atom is 0.303 e. The van der Waals surface area contributed by atoms with Crippen LogP contribution < -0.4 is 0 Å². The van der Waals surface area contributed by atoms with Crippen molar-refractivity contribution in [2.45, 2.75) is 25.7 Å². The van der Waals surface area contributed by atoms with E-state index in [0.29, 0.717) is 6.61 Å². The quantitative estimate of drug-likeness (QED) is 0.566. The second-order valence-electron chi connectivity index (χ2n) is 3.27. The minimum absolute atomic E-state index is 0.145. The predicted molar refractivity (Wildman–Crippen MR) is 43.6 cm³/mol. The van der Waals surface area contributed by atoms with Crippen LogP contribution in [0.3, 0.4) is 0 Å². The van der Waals surface area contributed by atoms with Gasteiger partial charge in [0.2, 0.25) is 0 Å². The Bertz CT molecular complexity index is 236. The van der Waals surface area contributed by atoms with Crippen molar-refractivity contribution in [2.75, 3.05) is 6.61 Å². The molecule has 0 aromatic heterocycles. The lowest BCUT2D eigenvalue weighted by Crippen LogP contribution is -2.41. The van der Waals surface area contributed by atoms with Crippen molar-refractivity contribution >= 4 is 5.97 Å². The predicted octanol–water partition coefficient (Wildman–Crippen LogP) is 0.825. The van der Waals surface area contributed by atoms with E-state index in [1.807, 2.05) is 6.08 Å². The van der Waals surface area contributed by atoms with Crippen molar-refractivity contribution in [3.63, 3.8) is 0 Å². The molecular formula is C9H12O4. The molecule has 2 aliphatic heterocycles. The second-order valence-corrected chi connectivity index (χ2v) is 3.27. The highest BCUT2D eigenvalue weighted by molar-refractivity contribution is 5.66. The summed E-state index contributed by atoms with van der Waals surface area (Å²) in [5.74, 6) is -0.0108. The molecule has 0 unspecified atom stereocenters. The molecule has 2 aliphatic rings. The van der Waals surface area contributed by atoms with Crippen LogP contribution in [0.5, 0.6) is 0 Å². The van der Waals surface area contributed by atoms with Crippen LogP contribution in [0.1, 0.15) is 13.3 Å². The average molecular weight is 184 g/mol. The molecule has 1 fully saturated rings. The summed E-state index contributed by atoms with van der Waals surface area (Å²) in [5, 5.41) is 0. The molecule has 0 N–H and O–H groups in total. The maximum atomic E-state index is 10.7. The molecule has 0 aromatic carbocycles. The first-order valence-electron chi connectivity index (χ1n) is 4.36. The van der Waals surface area contributed by atoms with E-state index in [4.69, 9.17) is 14.2 Å². The van der Waals surface area contributed by atoms with Crippen molar-refractivity contribution in [3.8, 4) is 0 Å². The van der Waals surface area contributed by atoms with E-state index < -0.39 is 0 Å². The van der Waals surface area contributed by atoms with Crippen LogP contribution in [0.15, 0.2) is 12.3 Å². The number of carbonyl (C=O) groups is 1. The van der Waals surface area contributed by atoms with E-state index in [1.54, 1.807) is 6.26 Å². The lowest BCUT2D eigenvalue weighted by Gasteiger charge is -2.35. The standard InChI is InChI=1S/C9H12O4/c1-6(10)13-8-5-12-9-4-7(8)2-3-11-9/h2-3,7-9H,4-5H2,1H3/t7-,8-,9-/m1/s1. The summed E-state index contributed by atoms with van der Waals surface area (Å²) in [6.07, 6.45) is 4.02. The lowest BCUT2D eigenvalue weighted by atomic mass is 9.95. The highest BCUT2D eigenvalue weighted by Gasteiger charge is 2.34. The fourth-order valence-electron chi connectivity index (χ4n) is 1.63. The summed E-state index contributed by atoms with van der Waals surface area (Å²) >= 11 is 0. The molecule has 0 spiro atoms. The molecule has 0 aliphatic carbocycles. The minimum Gasteiger partial charge on any atom is -0.473 e. The fourth-order valence-corrected chi connectivity index (χ4v) is 1.63. The highest BCUT2D eigenvalue weighted by atomic mass is 16.7. The van der Waals surface area contributed by atoms with E-state index >= 15 is 0 Å². The van der Waals surface area contributed by atoms with Crippen LogP contribution in [0.4, 0.5) is 0 Å². The Morgan fingerprint density at radius 2 is 2.46 bits per heavy atom. The van der Waals surface area contributed by atoms with Crippen LogP contribution in [0.2, 0.25) is 0 Å². The lowest BCUT2D eigenvalue weighted by molar-refractivity contribution is -0.198. The van der Waals surface area contributed by atoms with Crippen LogP contribution in [0.25, 0.3) is 0 Å². The van der Waals surface area contributed by atoms with Crippen LogP contribution >= 0.6 is 0 Å². The zero-order valence-electron chi connectivity index (χ0n) is 7.43. The highest BCUT2D eigenvalue weighted by Crippen LogP contribution is 2.28. The molecule has 1 saturated heterocycles. The Hall–Kier alpha value is -1.03. The van der Waals surface area contributed by atoms with Gasteiger partial charge in [0.1, 0.15) is 6.10 Å². The van der Waals surface area contributed by atoms with Gasteiger partial charge < -0.3 is 14.2 Å². The topological polar surface area (TPSA) is 44.8 Å². The normalized spacial score (nSPS) is 36.5. The van der Waals surface area contributed by atoms with Gasteiger partial charge in [0.05, 0.1) is 12.9 Å². The molecular weight excluding hydrogens is 172 g/mol. The molecule has 0 radical (unpaired) electrons. The van der Waals surface area contributed by atoms with E-state index in [2.05, 4.69) is 0 Å². The summed E-state index contributed by atoms with van der Waals surface area (Å²) in [7, 11) is 0. The van der Waals surface area contributed by atoms with Gasteiger partial charge in [0, 0.05) is 19.3 Å². The second kappa shape index (κ2) is 3.38. The Kier molecular flexibility index (Phi) is 2.22. The first kappa shape index (κ1) is 8.56. The number of esters is 1. The summed E-state index contributed by atoms with van der Waals surface area (Å²) in [4.78, 5) is 10.7. The molecule has 4 heteroatoms. The van der Waals surface area contributed by atoms with Crippen molar-refractivity contribution < 1.29 is 19.0 Å². The SMILES string of the molecule is CC(=O)O[C@@H]1CO[C@@H]2C[C@H]1C=CO2. The van der Waals surface area contributed by atoms with Gasteiger partial charge in [-0.3, -0.25) is 4.79 Å². The maximum absolute atomic E-state index is 10.7. The Morgan fingerprint density at radius 1 is 1.62 bits per heavy atom. The molecule has 72 valence electrons. The molecule has 4 nitrogen and oxygen atoms in total. The number of rotatable bonds is 1. The third-order valence-electron chi connectivity index (χ3n) is 2.26. The zero-order valence-corrected chi connectivity index (χ0v) is 7.43. The largest absolute Gasteiger partial charge is 0.473 e. The van der Waals surface area contributed by atoms with E-state index in [-0.39, 0.29) is 24.3 Å². The van der Waals surface area contributed by atoms with E-state index in [9.17, 15) is 4.79 Å². The molecule has 13 heavy (non-hydrogen) atoms. The third kappa shape index (κ3) is 1.83. The molecule has 2 rings (SSSR count).